The molecule has 0 aliphatic carbocycles. The van der Waals surface area contributed by atoms with Crippen LogP contribution in [-0.4, -0.2) is 31.9 Å². The fraction of sp³-hybridized carbons (Fsp3) is 0.412. The molecule has 1 unspecified atom stereocenters. The van der Waals surface area contributed by atoms with Gasteiger partial charge in [0.2, 0.25) is 0 Å². The second-order valence-corrected chi connectivity index (χ2v) is 5.20. The summed E-state index contributed by atoms with van der Waals surface area (Å²) in [6, 6.07) is 5.19. The Hall–Kier alpha value is -1.65. The van der Waals surface area contributed by atoms with Gasteiger partial charge in [0.25, 0.3) is 0 Å². The van der Waals surface area contributed by atoms with E-state index in [-0.39, 0.29) is 30.5 Å². The van der Waals surface area contributed by atoms with Crippen molar-refractivity contribution in [3.8, 4) is 5.75 Å². The fourth-order valence-corrected chi connectivity index (χ4v) is 2.28. The largest absolute Gasteiger partial charge is 0.497 e. The molecule has 4 nitrogen and oxygen atoms in total. The summed E-state index contributed by atoms with van der Waals surface area (Å²) in [7, 11) is 3.12. The first-order valence-electron chi connectivity index (χ1n) is 7.01. The van der Waals surface area contributed by atoms with Crippen LogP contribution in [0.1, 0.15) is 35.2 Å². The van der Waals surface area contributed by atoms with Crippen molar-refractivity contribution in [1.82, 2.24) is 0 Å². The molecule has 1 rings (SSSR count). The van der Waals surface area contributed by atoms with E-state index < -0.39 is 0 Å². The maximum Gasteiger partial charge on any atom is 0.170 e. The number of ketones is 2. The van der Waals surface area contributed by atoms with Gasteiger partial charge in [0, 0.05) is 24.6 Å². The first-order valence-corrected chi connectivity index (χ1v) is 7.44. The lowest BCUT2D eigenvalue weighted by molar-refractivity contribution is -0.118. The molecule has 0 heterocycles. The Labute approximate surface area is 136 Å². The van der Waals surface area contributed by atoms with Gasteiger partial charge in [0.05, 0.1) is 19.6 Å². The van der Waals surface area contributed by atoms with E-state index >= 15 is 0 Å². The molecular formula is C17H21ClO4. The molecule has 0 fully saturated rings. The fourth-order valence-electron chi connectivity index (χ4n) is 2.12. The van der Waals surface area contributed by atoms with E-state index in [0.29, 0.717) is 17.7 Å². The molecule has 22 heavy (non-hydrogen) atoms. The van der Waals surface area contributed by atoms with Gasteiger partial charge in [-0.2, -0.15) is 0 Å². The molecular weight excluding hydrogens is 304 g/mol. The van der Waals surface area contributed by atoms with Crippen LogP contribution in [0.5, 0.6) is 5.75 Å². The van der Waals surface area contributed by atoms with Crippen LogP contribution in [0.4, 0.5) is 0 Å². The molecule has 5 heteroatoms. The van der Waals surface area contributed by atoms with Gasteiger partial charge in [-0.1, -0.05) is 11.6 Å². The molecule has 1 atom stereocenters. The van der Waals surface area contributed by atoms with Gasteiger partial charge >= 0.3 is 0 Å². The molecule has 0 saturated carbocycles. The summed E-state index contributed by atoms with van der Waals surface area (Å²) >= 11 is 5.49. The zero-order chi connectivity index (χ0) is 16.5. The third-order valence-corrected chi connectivity index (χ3v) is 3.54. The number of ether oxygens (including phenoxy) is 2. The standard InChI is InChI=1S/C17H21ClO4/c1-12-10-15(22-3)6-7-16(12)17(20)11-13(19)4-5-14(21-2)8-9-18/h6-10,14H,4-5,11H2,1-3H3/b9-8-. The van der Waals surface area contributed by atoms with E-state index in [2.05, 4.69) is 0 Å². The van der Waals surface area contributed by atoms with E-state index in [1.54, 1.807) is 38.5 Å². The Morgan fingerprint density at radius 3 is 2.59 bits per heavy atom. The van der Waals surface area contributed by atoms with Crippen LogP contribution < -0.4 is 4.74 Å². The molecule has 0 N–H and O–H groups in total. The molecule has 0 amide bonds. The summed E-state index contributed by atoms with van der Waals surface area (Å²) in [5.74, 6) is 0.411. The minimum Gasteiger partial charge on any atom is -0.497 e. The van der Waals surface area contributed by atoms with Crippen LogP contribution in [0.3, 0.4) is 0 Å². The molecule has 1 aromatic carbocycles. The summed E-state index contributed by atoms with van der Waals surface area (Å²) in [6.07, 6.45) is 2.14. The SMILES string of the molecule is COc1ccc(C(=O)CC(=O)CCC(/C=C\Cl)OC)c(C)c1. The van der Waals surface area contributed by atoms with Gasteiger partial charge in [-0.15, -0.1) is 0 Å². The number of carbonyl (C=O) groups excluding carboxylic acids is 2. The quantitative estimate of drug-likeness (QED) is 0.513. The Morgan fingerprint density at radius 2 is 2.05 bits per heavy atom. The monoisotopic (exact) mass is 324 g/mol. The predicted octanol–water partition coefficient (Wildman–Crippen LogP) is 3.69. The maximum atomic E-state index is 12.2. The topological polar surface area (TPSA) is 52.6 Å². The average molecular weight is 325 g/mol. The number of rotatable bonds is 9. The van der Waals surface area contributed by atoms with Crippen LogP contribution in [0.25, 0.3) is 0 Å². The van der Waals surface area contributed by atoms with Crippen LogP contribution in [0.2, 0.25) is 0 Å². The summed E-state index contributed by atoms with van der Waals surface area (Å²) in [5, 5.41) is 0. The first kappa shape index (κ1) is 18.4. The second-order valence-electron chi connectivity index (χ2n) is 4.95. The first-order chi connectivity index (χ1) is 10.5. The number of methoxy groups -OCH3 is 2. The van der Waals surface area contributed by atoms with Gasteiger partial charge < -0.3 is 9.47 Å². The van der Waals surface area contributed by atoms with Crippen molar-refractivity contribution in [2.45, 2.75) is 32.3 Å². The molecule has 0 aliphatic rings. The van der Waals surface area contributed by atoms with Crippen molar-refractivity contribution in [3.05, 3.63) is 40.9 Å². The summed E-state index contributed by atoms with van der Waals surface area (Å²) in [5.41, 5.74) is 2.72. The number of benzene rings is 1. The lowest BCUT2D eigenvalue weighted by atomic mass is 9.99. The third-order valence-electron chi connectivity index (χ3n) is 3.39. The number of aryl methyl sites for hydroxylation is 1. The van der Waals surface area contributed by atoms with Crippen LogP contribution >= 0.6 is 11.6 Å². The molecule has 0 radical (unpaired) electrons. The van der Waals surface area contributed by atoms with Crippen molar-refractivity contribution in [1.29, 1.82) is 0 Å². The van der Waals surface area contributed by atoms with Crippen LogP contribution in [0, 0.1) is 6.92 Å². The molecule has 0 aromatic heterocycles. The zero-order valence-electron chi connectivity index (χ0n) is 13.1. The smallest absolute Gasteiger partial charge is 0.170 e. The van der Waals surface area contributed by atoms with Gasteiger partial charge in [-0.05, 0) is 43.2 Å². The maximum absolute atomic E-state index is 12.2. The number of hydrogen-bond donors (Lipinski definition) is 0. The van der Waals surface area contributed by atoms with Crippen molar-refractivity contribution < 1.29 is 19.1 Å². The van der Waals surface area contributed by atoms with Crippen LogP contribution in [-0.2, 0) is 9.53 Å². The number of Topliss-reactive ketones (excluding diaryl/α,β-unsaturated/α-hetero) is 2. The molecule has 0 bridgehead atoms. The minimum atomic E-state index is -0.209. The van der Waals surface area contributed by atoms with Gasteiger partial charge in [0.1, 0.15) is 11.5 Å². The molecule has 0 spiro atoms. The second kappa shape index (κ2) is 9.38. The highest BCUT2D eigenvalue weighted by molar-refractivity contribution is 6.25. The molecule has 1 aromatic rings. The Kier molecular flexibility index (Phi) is 7.85. The minimum absolute atomic E-state index is 0.103. The van der Waals surface area contributed by atoms with E-state index in [1.807, 2.05) is 6.92 Å². The van der Waals surface area contributed by atoms with Gasteiger partial charge in [-0.3, -0.25) is 9.59 Å². The number of hydrogen-bond acceptors (Lipinski definition) is 4. The predicted molar refractivity (Wildman–Crippen MR) is 86.7 cm³/mol. The van der Waals surface area contributed by atoms with Crippen molar-refractivity contribution in [3.63, 3.8) is 0 Å². The van der Waals surface area contributed by atoms with E-state index in [4.69, 9.17) is 21.1 Å². The zero-order valence-corrected chi connectivity index (χ0v) is 13.9. The van der Waals surface area contributed by atoms with E-state index in [9.17, 15) is 9.59 Å². The Morgan fingerprint density at radius 1 is 1.32 bits per heavy atom. The number of carbonyl (C=O) groups is 2. The van der Waals surface area contributed by atoms with E-state index in [0.717, 1.165) is 5.56 Å². The highest BCUT2D eigenvalue weighted by Gasteiger charge is 2.15. The number of halogens is 1. The van der Waals surface area contributed by atoms with Gasteiger partial charge in [-0.25, -0.2) is 0 Å². The Bertz CT molecular complexity index is 552. The normalized spacial score (nSPS) is 12.4. The highest BCUT2D eigenvalue weighted by atomic mass is 35.5. The van der Waals surface area contributed by atoms with E-state index in [1.165, 1.54) is 5.54 Å². The van der Waals surface area contributed by atoms with Gasteiger partial charge in [0.15, 0.2) is 5.78 Å². The summed E-state index contributed by atoms with van der Waals surface area (Å²) < 4.78 is 10.3. The van der Waals surface area contributed by atoms with Crippen molar-refractivity contribution >= 4 is 23.2 Å². The molecule has 120 valence electrons. The Balaban J connectivity index is 2.59. The molecule has 0 saturated heterocycles. The van der Waals surface area contributed by atoms with Crippen molar-refractivity contribution in [2.75, 3.05) is 14.2 Å². The average Bonchev–Trinajstić information content (AvgIpc) is 2.50. The highest BCUT2D eigenvalue weighted by Crippen LogP contribution is 2.18. The lowest BCUT2D eigenvalue weighted by Gasteiger charge is -2.10. The lowest BCUT2D eigenvalue weighted by Crippen LogP contribution is -2.13. The summed E-state index contributed by atoms with van der Waals surface area (Å²) in [4.78, 5) is 24.1. The third kappa shape index (κ3) is 5.62. The van der Waals surface area contributed by atoms with Crippen LogP contribution in [0.15, 0.2) is 29.8 Å². The molecule has 0 aliphatic heterocycles. The summed E-state index contributed by atoms with van der Waals surface area (Å²) in [6.45, 7) is 1.83. The van der Waals surface area contributed by atoms with Crippen molar-refractivity contribution in [2.24, 2.45) is 0 Å².